The van der Waals surface area contributed by atoms with Crippen molar-refractivity contribution >= 4 is 38.0 Å². The fourth-order valence-electron chi connectivity index (χ4n) is 4.83. The van der Waals surface area contributed by atoms with Gasteiger partial charge in [0.2, 0.25) is 0 Å². The van der Waals surface area contributed by atoms with E-state index in [-0.39, 0.29) is 16.4 Å². The number of nitrogens with one attached hydrogen (secondary N) is 1. The number of rotatable bonds is 3. The first-order valence-corrected chi connectivity index (χ1v) is 11.7. The van der Waals surface area contributed by atoms with Crippen molar-refractivity contribution in [2.75, 3.05) is 0 Å². The highest BCUT2D eigenvalue weighted by atomic mass is 32.2. The van der Waals surface area contributed by atoms with Gasteiger partial charge in [-0.2, -0.15) is 0 Å². The second-order valence-corrected chi connectivity index (χ2v) is 11.1. The van der Waals surface area contributed by atoms with Gasteiger partial charge >= 0.3 is 0 Å². The van der Waals surface area contributed by atoms with Gasteiger partial charge in [0.1, 0.15) is 0 Å². The number of carbonyl (C=O) groups excluding carboxylic acids is 1. The number of H-pyrrole nitrogens is 1. The molecule has 5 nitrogen and oxygen atoms in total. The zero-order valence-corrected chi connectivity index (χ0v) is 16.3. The monoisotopic (exact) mass is 400 g/mol. The lowest BCUT2D eigenvalue weighted by atomic mass is 9.89. The summed E-state index contributed by atoms with van der Waals surface area (Å²) in [7, 11) is -2.95. The largest absolute Gasteiger partial charge is 0.366 e. The van der Waals surface area contributed by atoms with Gasteiger partial charge in [0, 0.05) is 16.5 Å². The second-order valence-electron chi connectivity index (χ2n) is 7.61. The third kappa shape index (κ3) is 2.56. The van der Waals surface area contributed by atoms with Gasteiger partial charge in [-0.15, -0.1) is 11.3 Å². The first-order valence-electron chi connectivity index (χ1n) is 9.16. The van der Waals surface area contributed by atoms with Crippen LogP contribution in [0.2, 0.25) is 0 Å². The summed E-state index contributed by atoms with van der Waals surface area (Å²) in [5.74, 6) is -0.266. The Labute approximate surface area is 161 Å². The Hall–Kier alpha value is -2.12. The van der Waals surface area contributed by atoms with Crippen molar-refractivity contribution in [2.24, 2.45) is 5.73 Å². The standard InChI is InChI=1S/C20H20N2O3S2/c21-20(23)16-9-12(18-2-1-5-26-18)8-15-17(10-22-19(15)16)11-6-13-3-4-14(7-11)27(13,24)25/h1-2,5,8-11,13-14,22H,3-4,6-7H2,(H2,21,23). The van der Waals surface area contributed by atoms with Crippen LogP contribution in [0.3, 0.4) is 0 Å². The normalized spacial score (nSPS) is 26.4. The maximum atomic E-state index is 12.4. The van der Waals surface area contributed by atoms with Gasteiger partial charge in [-0.3, -0.25) is 4.79 Å². The molecule has 2 bridgehead atoms. The molecule has 7 heteroatoms. The molecular formula is C20H20N2O3S2. The Kier molecular flexibility index (Phi) is 3.74. The number of benzene rings is 1. The molecule has 0 saturated carbocycles. The fourth-order valence-corrected chi connectivity index (χ4v) is 8.02. The molecule has 2 aromatic heterocycles. The molecule has 2 aliphatic heterocycles. The van der Waals surface area contributed by atoms with Crippen LogP contribution in [0.4, 0.5) is 0 Å². The average Bonchev–Trinajstić information content (AvgIpc) is 3.31. The predicted molar refractivity (Wildman–Crippen MR) is 108 cm³/mol. The van der Waals surface area contributed by atoms with Gasteiger partial charge in [0.05, 0.1) is 21.6 Å². The highest BCUT2D eigenvalue weighted by molar-refractivity contribution is 7.93. The molecule has 2 saturated heterocycles. The van der Waals surface area contributed by atoms with Crippen molar-refractivity contribution in [1.29, 1.82) is 0 Å². The summed E-state index contributed by atoms with van der Waals surface area (Å²) in [6.07, 6.45) is 4.83. The lowest BCUT2D eigenvalue weighted by molar-refractivity contribution is 0.100. The summed E-state index contributed by atoms with van der Waals surface area (Å²) in [6, 6.07) is 7.95. The summed E-state index contributed by atoms with van der Waals surface area (Å²) >= 11 is 1.62. The van der Waals surface area contributed by atoms with Gasteiger partial charge in [0.15, 0.2) is 9.84 Å². The first-order chi connectivity index (χ1) is 12.9. The average molecular weight is 401 g/mol. The van der Waals surface area contributed by atoms with Crippen LogP contribution in [0.15, 0.2) is 35.8 Å². The third-order valence-corrected chi connectivity index (χ3v) is 9.80. The number of thiophene rings is 1. The summed E-state index contributed by atoms with van der Waals surface area (Å²) < 4.78 is 24.9. The number of aromatic nitrogens is 1. The van der Waals surface area contributed by atoms with Crippen LogP contribution < -0.4 is 5.73 Å². The highest BCUT2D eigenvalue weighted by Gasteiger charge is 2.47. The quantitative estimate of drug-likeness (QED) is 0.700. The van der Waals surface area contributed by atoms with E-state index in [9.17, 15) is 13.2 Å². The van der Waals surface area contributed by atoms with Gasteiger partial charge < -0.3 is 10.7 Å². The molecule has 2 aliphatic rings. The number of carbonyl (C=O) groups is 1. The van der Waals surface area contributed by atoms with Crippen LogP contribution in [0.25, 0.3) is 21.3 Å². The number of sulfone groups is 1. The van der Waals surface area contributed by atoms with Crippen molar-refractivity contribution in [3.05, 3.63) is 47.0 Å². The Morgan fingerprint density at radius 3 is 2.56 bits per heavy atom. The lowest BCUT2D eigenvalue weighted by Gasteiger charge is -2.27. The zero-order chi connectivity index (χ0) is 18.8. The number of hydrogen-bond acceptors (Lipinski definition) is 4. The number of amides is 1. The molecule has 1 amide bonds. The minimum Gasteiger partial charge on any atom is -0.366 e. The molecule has 0 aliphatic carbocycles. The van der Waals surface area contributed by atoms with Crippen molar-refractivity contribution in [1.82, 2.24) is 4.98 Å². The van der Waals surface area contributed by atoms with E-state index in [0.717, 1.165) is 39.7 Å². The van der Waals surface area contributed by atoms with Crippen LogP contribution in [-0.4, -0.2) is 29.8 Å². The second kappa shape index (κ2) is 5.94. The fraction of sp³-hybridized carbons (Fsp3) is 0.350. The summed E-state index contributed by atoms with van der Waals surface area (Å²) in [4.78, 5) is 16.4. The Morgan fingerprint density at radius 1 is 1.19 bits per heavy atom. The maximum absolute atomic E-state index is 12.4. The molecule has 2 fully saturated rings. The van der Waals surface area contributed by atoms with Gasteiger partial charge in [-0.1, -0.05) is 6.07 Å². The summed E-state index contributed by atoms with van der Waals surface area (Å²) in [5, 5.41) is 2.55. The van der Waals surface area contributed by atoms with Gasteiger partial charge in [-0.25, -0.2) is 8.42 Å². The Balaban J connectivity index is 1.65. The number of fused-ring (bicyclic) bond motifs is 3. The topological polar surface area (TPSA) is 93.0 Å². The van der Waals surface area contributed by atoms with E-state index in [1.807, 2.05) is 29.8 Å². The van der Waals surface area contributed by atoms with E-state index in [1.165, 1.54) is 0 Å². The lowest BCUT2D eigenvalue weighted by Crippen LogP contribution is -2.31. The number of nitrogens with two attached hydrogens (primary N) is 1. The van der Waals surface area contributed by atoms with Crippen LogP contribution in [0.1, 0.15) is 47.5 Å². The van der Waals surface area contributed by atoms with Crippen molar-refractivity contribution < 1.29 is 13.2 Å². The predicted octanol–water partition coefficient (Wildman–Crippen LogP) is 3.82. The van der Waals surface area contributed by atoms with E-state index in [1.54, 1.807) is 11.3 Å². The van der Waals surface area contributed by atoms with E-state index in [2.05, 4.69) is 11.1 Å². The van der Waals surface area contributed by atoms with E-state index < -0.39 is 15.7 Å². The van der Waals surface area contributed by atoms with Gasteiger partial charge in [-0.05, 0) is 66.3 Å². The molecule has 4 heterocycles. The molecule has 2 atom stereocenters. The zero-order valence-electron chi connectivity index (χ0n) is 14.6. The van der Waals surface area contributed by atoms with Crippen molar-refractivity contribution in [2.45, 2.75) is 42.1 Å². The molecule has 0 spiro atoms. The van der Waals surface area contributed by atoms with E-state index in [4.69, 9.17) is 5.73 Å². The van der Waals surface area contributed by atoms with Crippen molar-refractivity contribution in [3.8, 4) is 10.4 Å². The van der Waals surface area contributed by atoms with Crippen LogP contribution in [0, 0.1) is 0 Å². The van der Waals surface area contributed by atoms with E-state index >= 15 is 0 Å². The number of primary amides is 1. The SMILES string of the molecule is NC(=O)c1cc(-c2cccs2)cc2c(C3CC4CCC(C3)S4(=O)=O)c[nH]c12. The molecule has 140 valence electrons. The van der Waals surface area contributed by atoms with E-state index in [0.29, 0.717) is 18.4 Å². The first kappa shape index (κ1) is 17.0. The van der Waals surface area contributed by atoms with Crippen LogP contribution >= 0.6 is 11.3 Å². The minimum atomic E-state index is -2.95. The van der Waals surface area contributed by atoms with Crippen LogP contribution in [-0.2, 0) is 9.84 Å². The molecule has 27 heavy (non-hydrogen) atoms. The molecule has 2 unspecified atom stereocenters. The summed E-state index contributed by atoms with van der Waals surface area (Å²) in [6.45, 7) is 0. The third-order valence-electron chi connectivity index (χ3n) is 6.17. The van der Waals surface area contributed by atoms with Crippen molar-refractivity contribution in [3.63, 3.8) is 0 Å². The highest BCUT2D eigenvalue weighted by Crippen LogP contribution is 2.47. The molecule has 5 rings (SSSR count). The smallest absolute Gasteiger partial charge is 0.250 e. The molecular weight excluding hydrogens is 380 g/mol. The Morgan fingerprint density at radius 2 is 1.93 bits per heavy atom. The molecule has 0 radical (unpaired) electrons. The molecule has 3 N–H and O–H groups in total. The minimum absolute atomic E-state index is 0.194. The molecule has 1 aromatic carbocycles. The van der Waals surface area contributed by atoms with Gasteiger partial charge in [0.25, 0.3) is 5.91 Å². The summed E-state index contributed by atoms with van der Waals surface area (Å²) in [5.41, 5.74) is 8.95. The van der Waals surface area contributed by atoms with Crippen LogP contribution in [0.5, 0.6) is 0 Å². The maximum Gasteiger partial charge on any atom is 0.250 e. The Bertz CT molecular complexity index is 1130. The number of aromatic amines is 1. The number of hydrogen-bond donors (Lipinski definition) is 2. The molecule has 3 aromatic rings.